The lowest BCUT2D eigenvalue weighted by molar-refractivity contribution is 0.0557. The van der Waals surface area contributed by atoms with Gasteiger partial charge in [0.25, 0.3) is 0 Å². The summed E-state index contributed by atoms with van der Waals surface area (Å²) in [5, 5.41) is 0.728. The van der Waals surface area contributed by atoms with Gasteiger partial charge in [0, 0.05) is 22.6 Å². The number of halogens is 3. The predicted molar refractivity (Wildman–Crippen MR) is 68.5 cm³/mol. The summed E-state index contributed by atoms with van der Waals surface area (Å²) in [6.45, 7) is 0.0714. The summed E-state index contributed by atoms with van der Waals surface area (Å²) in [7, 11) is 0. The average molecular weight is 355 g/mol. The van der Waals surface area contributed by atoms with Crippen LogP contribution in [0.2, 0.25) is 10.0 Å². The highest BCUT2D eigenvalue weighted by Gasteiger charge is 2.08. The molecule has 0 saturated carbocycles. The maximum atomic E-state index is 11.4. The van der Waals surface area contributed by atoms with E-state index in [1.54, 1.807) is 12.1 Å². The van der Waals surface area contributed by atoms with Crippen LogP contribution in [0.4, 0.5) is 0 Å². The second kappa shape index (κ2) is 6.21. The van der Waals surface area contributed by atoms with Crippen LogP contribution in [0.5, 0.6) is 0 Å². The molecular weight excluding hydrogens is 350 g/mol. The minimum atomic E-state index is -0.465. The van der Waals surface area contributed by atoms with Crippen molar-refractivity contribution in [3.63, 3.8) is 0 Å². The summed E-state index contributed by atoms with van der Waals surface area (Å²) in [6.07, 6.45) is 0. The lowest BCUT2D eigenvalue weighted by atomic mass is 10.2. The second-order valence-electron chi connectivity index (χ2n) is 2.48. The molecule has 1 aromatic rings. The summed E-state index contributed by atoms with van der Waals surface area (Å²) < 4.78 is 7.43. The lowest BCUT2D eigenvalue weighted by Gasteiger charge is -2.02. The molecule has 15 heavy (non-hydrogen) atoms. The number of carbonyl (C=O) groups excluding carboxylic acids is 1. The zero-order valence-electron chi connectivity index (χ0n) is 7.39. The Kier molecular flexibility index (Phi) is 5.23. The van der Waals surface area contributed by atoms with E-state index >= 15 is 0 Å². The van der Waals surface area contributed by atoms with E-state index in [2.05, 4.69) is 9.85 Å². The minimum Gasteiger partial charge on any atom is -0.449 e. The average Bonchev–Trinajstić information content (AvgIpc) is 2.22. The molecule has 0 saturated heterocycles. The van der Waals surface area contributed by atoms with Crippen LogP contribution in [0.1, 0.15) is 10.4 Å². The monoisotopic (exact) mass is 354 g/mol. The Morgan fingerprint density at radius 2 is 2.13 bits per heavy atom. The van der Waals surface area contributed by atoms with Gasteiger partial charge in [0.15, 0.2) is 6.61 Å². The third-order valence-electron chi connectivity index (χ3n) is 1.50. The van der Waals surface area contributed by atoms with E-state index in [9.17, 15) is 4.79 Å². The normalized spacial score (nSPS) is 9.00. The first-order valence-electron chi connectivity index (χ1n) is 3.86. The molecule has 0 bridgehead atoms. The predicted octanol–water partition coefficient (Wildman–Crippen LogP) is 3.55. The Hall–Kier alpha value is -0.440. The molecule has 1 aromatic carbocycles. The lowest BCUT2D eigenvalue weighted by Crippen LogP contribution is -2.05. The van der Waals surface area contributed by atoms with Crippen molar-refractivity contribution in [1.29, 1.82) is 0 Å². The molecular formula is C10H5Cl2IO2. The van der Waals surface area contributed by atoms with Crippen molar-refractivity contribution in [2.24, 2.45) is 0 Å². The van der Waals surface area contributed by atoms with Gasteiger partial charge in [-0.3, -0.25) is 0 Å². The Bertz CT molecular complexity index is 435. The van der Waals surface area contributed by atoms with Gasteiger partial charge in [0.1, 0.15) is 0 Å². The van der Waals surface area contributed by atoms with Crippen LogP contribution >= 0.6 is 45.8 Å². The number of carbonyl (C=O) groups is 1. The largest absolute Gasteiger partial charge is 0.449 e. The minimum absolute atomic E-state index is 0.0714. The van der Waals surface area contributed by atoms with Crippen LogP contribution in [-0.2, 0) is 4.74 Å². The standard InChI is InChI=1S/C10H5Cl2IO2/c11-8-3-2-7(6-9(8)12)10(14)15-5-1-4-13/h2-3,6H,5H2. The van der Waals surface area contributed by atoms with Gasteiger partial charge in [-0.2, -0.15) is 0 Å². The maximum absolute atomic E-state index is 11.4. The third-order valence-corrected chi connectivity index (χ3v) is 2.62. The fourth-order valence-electron chi connectivity index (χ4n) is 0.835. The van der Waals surface area contributed by atoms with Gasteiger partial charge in [-0.25, -0.2) is 4.79 Å². The van der Waals surface area contributed by atoms with Gasteiger partial charge < -0.3 is 4.74 Å². The van der Waals surface area contributed by atoms with Gasteiger partial charge in [-0.15, -0.1) is 0 Å². The van der Waals surface area contributed by atoms with Crippen molar-refractivity contribution in [3.05, 3.63) is 33.8 Å². The van der Waals surface area contributed by atoms with Gasteiger partial charge >= 0.3 is 5.97 Å². The molecule has 0 aliphatic heterocycles. The number of rotatable bonds is 2. The van der Waals surface area contributed by atoms with E-state index in [1.807, 2.05) is 22.6 Å². The molecule has 0 heterocycles. The van der Waals surface area contributed by atoms with Crippen molar-refractivity contribution in [2.45, 2.75) is 0 Å². The zero-order valence-corrected chi connectivity index (χ0v) is 11.1. The molecule has 0 radical (unpaired) electrons. The molecule has 0 aromatic heterocycles. The number of ether oxygens (including phenoxy) is 1. The van der Waals surface area contributed by atoms with E-state index in [-0.39, 0.29) is 6.61 Å². The number of esters is 1. The van der Waals surface area contributed by atoms with Gasteiger partial charge in [-0.05, 0) is 22.1 Å². The van der Waals surface area contributed by atoms with E-state index in [0.29, 0.717) is 15.6 Å². The molecule has 0 spiro atoms. The first kappa shape index (κ1) is 12.6. The molecule has 0 atom stereocenters. The fourth-order valence-corrected chi connectivity index (χ4v) is 1.29. The maximum Gasteiger partial charge on any atom is 0.339 e. The highest BCUT2D eigenvalue weighted by molar-refractivity contribution is 14.1. The number of hydrogen-bond donors (Lipinski definition) is 0. The highest BCUT2D eigenvalue weighted by Crippen LogP contribution is 2.22. The van der Waals surface area contributed by atoms with Crippen molar-refractivity contribution >= 4 is 51.8 Å². The molecule has 0 unspecified atom stereocenters. The molecule has 5 heteroatoms. The fraction of sp³-hybridized carbons (Fsp3) is 0.100. The van der Waals surface area contributed by atoms with Crippen molar-refractivity contribution in [1.82, 2.24) is 0 Å². The summed E-state index contributed by atoms with van der Waals surface area (Å²) in [5.41, 5.74) is 0.361. The number of benzene rings is 1. The molecule has 0 N–H and O–H groups in total. The zero-order chi connectivity index (χ0) is 11.3. The number of hydrogen-bond acceptors (Lipinski definition) is 2. The SMILES string of the molecule is O=C(OCC#CI)c1ccc(Cl)c(Cl)c1. The Morgan fingerprint density at radius 3 is 2.73 bits per heavy atom. The van der Waals surface area contributed by atoms with E-state index in [1.165, 1.54) is 6.07 Å². The van der Waals surface area contributed by atoms with Crippen LogP contribution in [0, 0.1) is 9.85 Å². The van der Waals surface area contributed by atoms with Crippen LogP contribution in [-0.4, -0.2) is 12.6 Å². The van der Waals surface area contributed by atoms with Crippen LogP contribution in [0.15, 0.2) is 18.2 Å². The van der Waals surface area contributed by atoms with Crippen molar-refractivity contribution < 1.29 is 9.53 Å². The molecule has 0 fully saturated rings. The smallest absolute Gasteiger partial charge is 0.339 e. The van der Waals surface area contributed by atoms with E-state index in [4.69, 9.17) is 27.9 Å². The Morgan fingerprint density at radius 1 is 1.40 bits per heavy atom. The highest BCUT2D eigenvalue weighted by atomic mass is 127. The van der Waals surface area contributed by atoms with Crippen LogP contribution < -0.4 is 0 Å². The van der Waals surface area contributed by atoms with Crippen molar-refractivity contribution in [3.8, 4) is 9.85 Å². The first-order chi connectivity index (χ1) is 7.15. The quantitative estimate of drug-likeness (QED) is 0.461. The van der Waals surface area contributed by atoms with E-state index in [0.717, 1.165) is 0 Å². The Labute approximate surface area is 111 Å². The molecule has 0 amide bonds. The van der Waals surface area contributed by atoms with Gasteiger partial charge in [-0.1, -0.05) is 29.1 Å². The van der Waals surface area contributed by atoms with E-state index < -0.39 is 5.97 Å². The second-order valence-corrected chi connectivity index (χ2v) is 3.83. The molecule has 0 aliphatic rings. The molecule has 2 nitrogen and oxygen atoms in total. The third kappa shape index (κ3) is 3.90. The van der Waals surface area contributed by atoms with Gasteiger partial charge in [0.2, 0.25) is 0 Å². The molecule has 0 aliphatic carbocycles. The summed E-state index contributed by atoms with van der Waals surface area (Å²) in [5.74, 6) is 2.14. The Balaban J connectivity index is 2.72. The molecule has 78 valence electrons. The summed E-state index contributed by atoms with van der Waals surface area (Å²) in [4.78, 5) is 11.4. The topological polar surface area (TPSA) is 26.3 Å². The first-order valence-corrected chi connectivity index (χ1v) is 5.69. The van der Waals surface area contributed by atoms with Gasteiger partial charge in [0.05, 0.1) is 15.6 Å². The summed E-state index contributed by atoms with van der Waals surface area (Å²) >= 11 is 13.3. The van der Waals surface area contributed by atoms with Crippen molar-refractivity contribution in [2.75, 3.05) is 6.61 Å². The van der Waals surface area contributed by atoms with Crippen LogP contribution in [0.25, 0.3) is 0 Å². The molecule has 1 rings (SSSR count). The summed E-state index contributed by atoms with van der Waals surface area (Å²) in [6, 6.07) is 4.56. The van der Waals surface area contributed by atoms with Crippen LogP contribution in [0.3, 0.4) is 0 Å².